The molecule has 0 unspecified atom stereocenters. The van der Waals surface area contributed by atoms with Crippen LogP contribution in [-0.4, -0.2) is 34.8 Å². The Labute approximate surface area is 150 Å². The van der Waals surface area contributed by atoms with Crippen LogP contribution in [0.5, 0.6) is 11.5 Å². The van der Waals surface area contributed by atoms with E-state index < -0.39 is 0 Å². The number of carbonyl (C=O) groups excluding carboxylic acids is 1. The molecule has 132 valence electrons. The van der Waals surface area contributed by atoms with E-state index in [-0.39, 0.29) is 19.1 Å². The lowest BCUT2D eigenvalue weighted by atomic mass is 10.1. The molecule has 0 saturated carbocycles. The van der Waals surface area contributed by atoms with Gasteiger partial charge >= 0.3 is 0 Å². The number of nitrogens with zero attached hydrogens (tertiary/aromatic N) is 3. The highest BCUT2D eigenvalue weighted by atomic mass is 16.7. The number of hydrogen-bond acceptors (Lipinski definition) is 6. The molecule has 0 atom stereocenters. The smallest absolute Gasteiger partial charge is 0.231 e. The summed E-state index contributed by atoms with van der Waals surface area (Å²) in [5.74, 6) is 1.97. The maximum atomic E-state index is 12.5. The molecule has 7 nitrogen and oxygen atoms in total. The zero-order valence-corrected chi connectivity index (χ0v) is 14.2. The molecule has 0 N–H and O–H groups in total. The number of benzene rings is 1. The minimum atomic E-state index is -0.0248. The Morgan fingerprint density at radius 2 is 2.08 bits per heavy atom. The first-order chi connectivity index (χ1) is 12.7. The van der Waals surface area contributed by atoms with E-state index in [1.54, 1.807) is 24.3 Å². The molecule has 0 aliphatic carbocycles. The maximum Gasteiger partial charge on any atom is 0.231 e. The lowest BCUT2D eigenvalue weighted by Gasteiger charge is -2.15. The molecule has 0 saturated heterocycles. The number of likely N-dealkylation sites (N-methyl/N-ethyl adjacent to an activating group) is 1. The minimum absolute atomic E-state index is 0.0248. The molecule has 26 heavy (non-hydrogen) atoms. The molecule has 3 aromatic rings. The van der Waals surface area contributed by atoms with E-state index in [1.165, 1.54) is 0 Å². The van der Waals surface area contributed by atoms with Crippen molar-refractivity contribution in [1.29, 1.82) is 0 Å². The standard InChI is InChI=1S/C19H17N3O4/c1-22(11-15-9-16(21-26-15)14-3-2-6-20-10-14)19(23)8-13-4-5-17-18(7-13)25-12-24-17/h2-7,9-10H,8,11-12H2,1H3. The first-order valence-electron chi connectivity index (χ1n) is 8.17. The molecule has 4 rings (SSSR count). The van der Waals surface area contributed by atoms with Gasteiger partial charge in [-0.1, -0.05) is 11.2 Å². The van der Waals surface area contributed by atoms with Crippen molar-refractivity contribution in [2.45, 2.75) is 13.0 Å². The van der Waals surface area contributed by atoms with Gasteiger partial charge < -0.3 is 18.9 Å². The van der Waals surface area contributed by atoms with E-state index in [0.29, 0.717) is 29.5 Å². The normalized spacial score (nSPS) is 12.2. The molecule has 1 aromatic carbocycles. The highest BCUT2D eigenvalue weighted by Gasteiger charge is 2.17. The molecule has 0 radical (unpaired) electrons. The van der Waals surface area contributed by atoms with Gasteiger partial charge in [0.15, 0.2) is 17.3 Å². The predicted molar refractivity (Wildman–Crippen MR) is 92.5 cm³/mol. The Morgan fingerprint density at radius 3 is 2.92 bits per heavy atom. The Bertz CT molecular complexity index is 924. The second-order valence-electron chi connectivity index (χ2n) is 6.03. The average molecular weight is 351 g/mol. The van der Waals surface area contributed by atoms with Crippen LogP contribution in [-0.2, 0) is 17.8 Å². The summed E-state index contributed by atoms with van der Waals surface area (Å²) in [5, 5.41) is 4.04. The Hall–Kier alpha value is -3.35. The van der Waals surface area contributed by atoms with Gasteiger partial charge in [-0.2, -0.15) is 0 Å². The fourth-order valence-corrected chi connectivity index (χ4v) is 2.72. The molecular weight excluding hydrogens is 334 g/mol. The van der Waals surface area contributed by atoms with Gasteiger partial charge in [0.25, 0.3) is 0 Å². The minimum Gasteiger partial charge on any atom is -0.454 e. The van der Waals surface area contributed by atoms with Crippen LogP contribution in [0.15, 0.2) is 53.3 Å². The number of ether oxygens (including phenoxy) is 2. The zero-order valence-electron chi connectivity index (χ0n) is 14.2. The topological polar surface area (TPSA) is 77.7 Å². The molecule has 1 aliphatic heterocycles. The van der Waals surface area contributed by atoms with Crippen LogP contribution in [0.4, 0.5) is 0 Å². The largest absolute Gasteiger partial charge is 0.454 e. The van der Waals surface area contributed by atoms with Crippen molar-refractivity contribution in [2.24, 2.45) is 0 Å². The van der Waals surface area contributed by atoms with E-state index in [4.69, 9.17) is 14.0 Å². The van der Waals surface area contributed by atoms with Gasteiger partial charge in [-0.3, -0.25) is 9.78 Å². The number of fused-ring (bicyclic) bond motifs is 1. The fraction of sp³-hybridized carbons (Fsp3) is 0.211. The molecule has 2 aromatic heterocycles. The molecule has 3 heterocycles. The zero-order chi connectivity index (χ0) is 17.9. The predicted octanol–water partition coefficient (Wildman–Crippen LogP) is 2.67. The summed E-state index contributed by atoms with van der Waals surface area (Å²) in [7, 11) is 1.74. The van der Waals surface area contributed by atoms with Crippen molar-refractivity contribution in [3.05, 3.63) is 60.1 Å². The molecular formula is C19H17N3O4. The first kappa shape index (κ1) is 16.1. The summed E-state index contributed by atoms with van der Waals surface area (Å²) >= 11 is 0. The van der Waals surface area contributed by atoms with E-state index in [1.807, 2.05) is 36.4 Å². The summed E-state index contributed by atoms with van der Waals surface area (Å²) in [4.78, 5) is 18.2. The average Bonchev–Trinajstić information content (AvgIpc) is 3.31. The van der Waals surface area contributed by atoms with E-state index >= 15 is 0 Å². The maximum absolute atomic E-state index is 12.5. The third-order valence-electron chi connectivity index (χ3n) is 4.13. The van der Waals surface area contributed by atoms with E-state index in [2.05, 4.69) is 10.1 Å². The lowest BCUT2D eigenvalue weighted by molar-refractivity contribution is -0.129. The molecule has 0 fully saturated rings. The van der Waals surface area contributed by atoms with Crippen LogP contribution in [0, 0.1) is 0 Å². The number of rotatable bonds is 5. The van der Waals surface area contributed by atoms with Gasteiger partial charge in [0.2, 0.25) is 12.7 Å². The quantitative estimate of drug-likeness (QED) is 0.703. The van der Waals surface area contributed by atoms with Gasteiger partial charge in [0, 0.05) is 31.1 Å². The molecule has 7 heteroatoms. The third-order valence-corrected chi connectivity index (χ3v) is 4.13. The number of hydrogen-bond donors (Lipinski definition) is 0. The van der Waals surface area contributed by atoms with Crippen LogP contribution in [0.25, 0.3) is 11.3 Å². The summed E-state index contributed by atoms with van der Waals surface area (Å²) in [6.45, 7) is 0.564. The lowest BCUT2D eigenvalue weighted by Crippen LogP contribution is -2.27. The van der Waals surface area contributed by atoms with Gasteiger partial charge in [0.05, 0.1) is 13.0 Å². The van der Waals surface area contributed by atoms with Crippen molar-refractivity contribution >= 4 is 5.91 Å². The summed E-state index contributed by atoms with van der Waals surface area (Å²) < 4.78 is 16.0. The third kappa shape index (κ3) is 3.37. The number of amides is 1. The van der Waals surface area contributed by atoms with Gasteiger partial charge in [-0.15, -0.1) is 0 Å². The second-order valence-corrected chi connectivity index (χ2v) is 6.03. The van der Waals surface area contributed by atoms with E-state index in [0.717, 1.165) is 11.1 Å². The van der Waals surface area contributed by atoms with Crippen LogP contribution in [0.1, 0.15) is 11.3 Å². The van der Waals surface area contributed by atoms with Gasteiger partial charge in [0.1, 0.15) is 5.69 Å². The van der Waals surface area contributed by atoms with Crippen molar-refractivity contribution in [2.75, 3.05) is 13.8 Å². The van der Waals surface area contributed by atoms with Gasteiger partial charge in [-0.25, -0.2) is 0 Å². The number of aromatic nitrogens is 2. The van der Waals surface area contributed by atoms with Crippen LogP contribution in [0.3, 0.4) is 0 Å². The first-order valence-corrected chi connectivity index (χ1v) is 8.17. The summed E-state index contributed by atoms with van der Waals surface area (Å²) in [5.41, 5.74) is 2.45. The highest BCUT2D eigenvalue weighted by Crippen LogP contribution is 2.32. The monoisotopic (exact) mass is 351 g/mol. The molecule has 0 bridgehead atoms. The van der Waals surface area contributed by atoms with E-state index in [9.17, 15) is 4.79 Å². The van der Waals surface area contributed by atoms with Gasteiger partial charge in [-0.05, 0) is 29.8 Å². The molecule has 1 amide bonds. The number of carbonyl (C=O) groups is 1. The van der Waals surface area contributed by atoms with Crippen molar-refractivity contribution < 1.29 is 18.8 Å². The molecule has 1 aliphatic rings. The second kappa shape index (κ2) is 6.87. The van der Waals surface area contributed by atoms with Crippen molar-refractivity contribution in [3.8, 4) is 22.8 Å². The SMILES string of the molecule is CN(Cc1cc(-c2cccnc2)no1)C(=O)Cc1ccc2c(c1)OCO2. The Morgan fingerprint density at radius 1 is 1.19 bits per heavy atom. The van der Waals surface area contributed by atoms with Crippen LogP contribution < -0.4 is 9.47 Å². The highest BCUT2D eigenvalue weighted by molar-refractivity contribution is 5.78. The molecule has 0 spiro atoms. The summed E-state index contributed by atoms with van der Waals surface area (Å²) in [6.07, 6.45) is 3.69. The Balaban J connectivity index is 1.39. The van der Waals surface area contributed by atoms with Crippen LogP contribution in [0.2, 0.25) is 0 Å². The van der Waals surface area contributed by atoms with Crippen LogP contribution >= 0.6 is 0 Å². The van der Waals surface area contributed by atoms with Crippen molar-refractivity contribution in [3.63, 3.8) is 0 Å². The fourth-order valence-electron chi connectivity index (χ4n) is 2.72. The van der Waals surface area contributed by atoms with Crippen molar-refractivity contribution in [1.82, 2.24) is 15.0 Å². The summed E-state index contributed by atoms with van der Waals surface area (Å²) in [6, 6.07) is 11.1. The number of pyridine rings is 1. The Kier molecular flexibility index (Phi) is 4.27.